The van der Waals surface area contributed by atoms with E-state index < -0.39 is 10.0 Å². The summed E-state index contributed by atoms with van der Waals surface area (Å²) >= 11 is 0. The number of hydrogen-bond donors (Lipinski definition) is 2. The Morgan fingerprint density at radius 1 is 0.923 bits per heavy atom. The Morgan fingerprint density at radius 3 is 2.31 bits per heavy atom. The molecule has 1 amide bonds. The highest BCUT2D eigenvalue weighted by Gasteiger charge is 2.26. The molecule has 0 saturated carbocycles. The Labute approximate surface area is 226 Å². The van der Waals surface area contributed by atoms with Crippen molar-refractivity contribution in [2.75, 3.05) is 35.1 Å². The minimum atomic E-state index is -3.84. The van der Waals surface area contributed by atoms with Gasteiger partial charge in [-0.05, 0) is 67.4 Å². The van der Waals surface area contributed by atoms with Crippen LogP contribution in [0.1, 0.15) is 12.8 Å². The number of nitrogens with one attached hydrogen (secondary N) is 2. The van der Waals surface area contributed by atoms with Gasteiger partial charge in [-0.2, -0.15) is 0 Å². The Kier molecular flexibility index (Phi) is 7.64. The van der Waals surface area contributed by atoms with Gasteiger partial charge < -0.3 is 15.0 Å². The normalized spacial score (nSPS) is 14.0. The van der Waals surface area contributed by atoms with Crippen molar-refractivity contribution in [1.29, 1.82) is 0 Å². The lowest BCUT2D eigenvalue weighted by molar-refractivity contribution is -0.120. The number of anilines is 3. The SMILES string of the molecule is COc1ccccc1-c1ccc(N2CCC(C(=O)Nc3ccc(S(=O)(=O)Nc4ncccn4)cc3)CC2)nn1. The Balaban J connectivity index is 1.15. The van der Waals surface area contributed by atoms with Crippen LogP contribution in [0.15, 0.2) is 84.0 Å². The zero-order chi connectivity index (χ0) is 27.2. The number of piperidine rings is 1. The fraction of sp³-hybridized carbons (Fsp3) is 0.222. The second kappa shape index (κ2) is 11.4. The number of carbonyl (C=O) groups excluding carboxylic acids is 1. The maximum absolute atomic E-state index is 12.9. The summed E-state index contributed by atoms with van der Waals surface area (Å²) in [6, 6.07) is 19.1. The van der Waals surface area contributed by atoms with Crippen LogP contribution in [-0.2, 0) is 14.8 Å². The first-order chi connectivity index (χ1) is 18.9. The van der Waals surface area contributed by atoms with Gasteiger partial charge in [-0.15, -0.1) is 10.2 Å². The second-order valence-corrected chi connectivity index (χ2v) is 10.6. The molecule has 39 heavy (non-hydrogen) atoms. The standard InChI is InChI=1S/C27H27N7O4S/c1-38-24-6-3-2-5-22(24)23-11-12-25(32-31-23)34-17-13-19(14-18-34)26(35)30-20-7-9-21(10-8-20)39(36,37)33-27-28-15-4-16-29-27/h2-12,15-16,19H,13-14,17-18H2,1H3,(H,30,35)(H,28,29,33). The van der Waals surface area contributed by atoms with E-state index in [9.17, 15) is 13.2 Å². The number of benzene rings is 2. The smallest absolute Gasteiger partial charge is 0.264 e. The summed E-state index contributed by atoms with van der Waals surface area (Å²) in [6.07, 6.45) is 4.21. The molecule has 0 aliphatic carbocycles. The average molecular weight is 546 g/mol. The molecule has 5 rings (SSSR count). The summed E-state index contributed by atoms with van der Waals surface area (Å²) < 4.78 is 32.8. The van der Waals surface area contributed by atoms with E-state index in [-0.39, 0.29) is 22.7 Å². The predicted molar refractivity (Wildman–Crippen MR) is 147 cm³/mol. The lowest BCUT2D eigenvalue weighted by Crippen LogP contribution is -2.38. The van der Waals surface area contributed by atoms with Crippen molar-refractivity contribution in [3.05, 3.63) is 79.1 Å². The third-order valence-corrected chi connectivity index (χ3v) is 7.79. The van der Waals surface area contributed by atoms with Crippen molar-refractivity contribution < 1.29 is 17.9 Å². The number of para-hydroxylation sites is 1. The quantitative estimate of drug-likeness (QED) is 0.340. The van der Waals surface area contributed by atoms with Crippen molar-refractivity contribution in [2.24, 2.45) is 5.92 Å². The Bertz CT molecular complexity index is 1520. The topological polar surface area (TPSA) is 139 Å². The largest absolute Gasteiger partial charge is 0.496 e. The van der Waals surface area contributed by atoms with Crippen LogP contribution < -0.4 is 19.7 Å². The van der Waals surface area contributed by atoms with Gasteiger partial charge >= 0.3 is 0 Å². The van der Waals surface area contributed by atoms with Gasteiger partial charge in [-0.1, -0.05) is 12.1 Å². The number of carbonyl (C=O) groups is 1. The number of hydrogen-bond acceptors (Lipinski definition) is 9. The Morgan fingerprint density at radius 2 is 1.64 bits per heavy atom. The first-order valence-corrected chi connectivity index (χ1v) is 13.8. The maximum atomic E-state index is 12.9. The van der Waals surface area contributed by atoms with Gasteiger partial charge in [0.1, 0.15) is 5.75 Å². The number of methoxy groups -OCH3 is 1. The van der Waals surface area contributed by atoms with Gasteiger partial charge in [0.2, 0.25) is 11.9 Å². The molecule has 2 N–H and O–H groups in total. The van der Waals surface area contributed by atoms with E-state index in [2.05, 4.69) is 35.1 Å². The third kappa shape index (κ3) is 6.12. The first-order valence-electron chi connectivity index (χ1n) is 12.4. The maximum Gasteiger partial charge on any atom is 0.264 e. The summed E-state index contributed by atoms with van der Waals surface area (Å²) in [6.45, 7) is 1.34. The molecule has 200 valence electrons. The first kappa shape index (κ1) is 26.0. The molecule has 1 aliphatic heterocycles. The van der Waals surface area contributed by atoms with Gasteiger partial charge in [-0.25, -0.2) is 23.1 Å². The van der Waals surface area contributed by atoms with Crippen LogP contribution in [0, 0.1) is 5.92 Å². The Hall–Kier alpha value is -4.58. The van der Waals surface area contributed by atoms with Gasteiger partial charge in [-0.3, -0.25) is 4.79 Å². The molecular formula is C27H27N7O4S. The fourth-order valence-corrected chi connectivity index (χ4v) is 5.32. The molecule has 2 aromatic carbocycles. The summed E-state index contributed by atoms with van der Waals surface area (Å²) in [4.78, 5) is 22.8. The summed E-state index contributed by atoms with van der Waals surface area (Å²) in [5.41, 5.74) is 2.13. The molecule has 2 aromatic heterocycles. The summed E-state index contributed by atoms with van der Waals surface area (Å²) in [5, 5.41) is 11.7. The van der Waals surface area contributed by atoms with Crippen molar-refractivity contribution in [3.8, 4) is 17.0 Å². The predicted octanol–water partition coefficient (Wildman–Crippen LogP) is 3.60. The van der Waals surface area contributed by atoms with Crippen LogP contribution in [0.3, 0.4) is 0 Å². The van der Waals surface area contributed by atoms with Crippen molar-refractivity contribution in [2.45, 2.75) is 17.7 Å². The van der Waals surface area contributed by atoms with E-state index in [0.29, 0.717) is 31.6 Å². The van der Waals surface area contributed by atoms with Crippen LogP contribution in [0.4, 0.5) is 17.5 Å². The van der Waals surface area contributed by atoms with E-state index in [1.165, 1.54) is 24.5 Å². The van der Waals surface area contributed by atoms with Crippen LogP contribution >= 0.6 is 0 Å². The minimum absolute atomic E-state index is 0.0143. The van der Waals surface area contributed by atoms with E-state index in [1.54, 1.807) is 25.3 Å². The van der Waals surface area contributed by atoms with E-state index >= 15 is 0 Å². The molecule has 3 heterocycles. The molecule has 1 fully saturated rings. The fourth-order valence-electron chi connectivity index (χ4n) is 4.36. The highest BCUT2D eigenvalue weighted by atomic mass is 32.2. The third-order valence-electron chi connectivity index (χ3n) is 6.45. The second-order valence-electron chi connectivity index (χ2n) is 8.93. The van der Waals surface area contributed by atoms with Gasteiger partial charge in [0.15, 0.2) is 5.82 Å². The molecule has 1 aliphatic rings. The van der Waals surface area contributed by atoms with E-state index in [0.717, 1.165) is 22.8 Å². The number of ether oxygens (including phenoxy) is 1. The molecule has 0 atom stereocenters. The lowest BCUT2D eigenvalue weighted by Gasteiger charge is -2.31. The van der Waals surface area contributed by atoms with Gasteiger partial charge in [0.25, 0.3) is 10.0 Å². The van der Waals surface area contributed by atoms with E-state index in [1.807, 2.05) is 36.4 Å². The summed E-state index contributed by atoms with van der Waals surface area (Å²) in [7, 11) is -2.22. The molecule has 0 bridgehead atoms. The van der Waals surface area contributed by atoms with E-state index in [4.69, 9.17) is 4.74 Å². The zero-order valence-corrected chi connectivity index (χ0v) is 22.0. The van der Waals surface area contributed by atoms with Gasteiger partial charge in [0, 0.05) is 42.7 Å². The minimum Gasteiger partial charge on any atom is -0.496 e. The highest BCUT2D eigenvalue weighted by molar-refractivity contribution is 7.92. The highest BCUT2D eigenvalue weighted by Crippen LogP contribution is 2.29. The molecule has 0 radical (unpaired) electrons. The van der Waals surface area contributed by atoms with Crippen LogP contribution in [0.2, 0.25) is 0 Å². The number of nitrogens with zero attached hydrogens (tertiary/aromatic N) is 5. The molecule has 12 heteroatoms. The zero-order valence-electron chi connectivity index (χ0n) is 21.2. The van der Waals surface area contributed by atoms with Crippen LogP contribution in [0.25, 0.3) is 11.3 Å². The lowest BCUT2D eigenvalue weighted by atomic mass is 9.96. The summed E-state index contributed by atoms with van der Waals surface area (Å²) in [5.74, 6) is 1.22. The molecule has 11 nitrogen and oxygen atoms in total. The number of aromatic nitrogens is 4. The average Bonchev–Trinajstić information content (AvgIpc) is 2.98. The van der Waals surface area contributed by atoms with Crippen molar-refractivity contribution in [3.63, 3.8) is 0 Å². The van der Waals surface area contributed by atoms with Crippen molar-refractivity contribution >= 4 is 33.4 Å². The van der Waals surface area contributed by atoms with Gasteiger partial charge in [0.05, 0.1) is 17.7 Å². The number of amides is 1. The monoisotopic (exact) mass is 545 g/mol. The molecule has 0 unspecified atom stereocenters. The molecule has 4 aromatic rings. The molecule has 1 saturated heterocycles. The van der Waals surface area contributed by atoms with Crippen molar-refractivity contribution in [1.82, 2.24) is 20.2 Å². The van der Waals surface area contributed by atoms with Crippen LogP contribution in [-0.4, -0.2) is 54.7 Å². The molecular weight excluding hydrogens is 518 g/mol. The number of rotatable bonds is 8. The number of sulfonamides is 1. The molecule has 0 spiro atoms. The van der Waals surface area contributed by atoms with Crippen LogP contribution in [0.5, 0.6) is 5.75 Å².